The van der Waals surface area contributed by atoms with Crippen LogP contribution >= 0.6 is 11.6 Å². The van der Waals surface area contributed by atoms with E-state index in [-0.39, 0.29) is 5.82 Å². The van der Waals surface area contributed by atoms with Crippen LogP contribution in [-0.2, 0) is 11.6 Å². The number of allylic oxidation sites excluding steroid dienone is 2. The molecule has 0 spiro atoms. The topological polar surface area (TPSA) is 134 Å². The molecule has 0 amide bonds. The lowest BCUT2D eigenvalue weighted by Gasteiger charge is -2.31. The van der Waals surface area contributed by atoms with Crippen molar-refractivity contribution in [1.82, 2.24) is 24.4 Å². The number of hydrogen-bond acceptors (Lipinski definition) is 9. The first-order chi connectivity index (χ1) is 18.1. The van der Waals surface area contributed by atoms with Gasteiger partial charge in [-0.15, -0.1) is 0 Å². The SMILES string of the molecule is CC1=CN(C)C(c2ccnc(C(C)(C)O)n2)C=C1n1c(C)cc(OC(O)(O)c2ncc(F)cc2F)c(Cl)c1=O. The Balaban J connectivity index is 1.76. The summed E-state index contributed by atoms with van der Waals surface area (Å²) in [5.74, 6) is -5.98. The number of aliphatic hydroxyl groups is 3. The summed E-state index contributed by atoms with van der Waals surface area (Å²) < 4.78 is 33.7. The highest BCUT2D eigenvalue weighted by Gasteiger charge is 2.36. The third-order valence-corrected chi connectivity index (χ3v) is 6.34. The van der Waals surface area contributed by atoms with E-state index < -0.39 is 51.3 Å². The smallest absolute Gasteiger partial charge is 0.372 e. The summed E-state index contributed by atoms with van der Waals surface area (Å²) in [7, 11) is 1.83. The molecule has 1 atom stereocenters. The monoisotopic (exact) mass is 561 g/mol. The first-order valence-electron chi connectivity index (χ1n) is 11.7. The maximum absolute atomic E-state index is 14.1. The zero-order valence-corrected chi connectivity index (χ0v) is 22.4. The Labute approximate surface area is 227 Å². The fourth-order valence-electron chi connectivity index (χ4n) is 4.14. The molecule has 3 aromatic heterocycles. The van der Waals surface area contributed by atoms with E-state index in [1.54, 1.807) is 39.8 Å². The van der Waals surface area contributed by atoms with Crippen LogP contribution in [0.2, 0.25) is 5.02 Å². The number of aromatic nitrogens is 4. The predicted octanol–water partition coefficient (Wildman–Crippen LogP) is 3.11. The van der Waals surface area contributed by atoms with E-state index in [2.05, 4.69) is 15.0 Å². The van der Waals surface area contributed by atoms with Gasteiger partial charge in [0.2, 0.25) is 0 Å². The zero-order chi connectivity index (χ0) is 28.9. The highest BCUT2D eigenvalue weighted by atomic mass is 35.5. The lowest BCUT2D eigenvalue weighted by Crippen LogP contribution is -2.36. The molecule has 0 fully saturated rings. The summed E-state index contributed by atoms with van der Waals surface area (Å²) in [5.41, 5.74) is -0.986. The van der Waals surface area contributed by atoms with Crippen LogP contribution < -0.4 is 10.3 Å². The number of rotatable bonds is 6. The molecule has 4 heterocycles. The van der Waals surface area contributed by atoms with Gasteiger partial charge in [0.25, 0.3) is 5.56 Å². The van der Waals surface area contributed by atoms with Gasteiger partial charge in [-0.25, -0.2) is 23.7 Å². The van der Waals surface area contributed by atoms with E-state index in [1.807, 2.05) is 18.1 Å². The van der Waals surface area contributed by atoms with Crippen molar-refractivity contribution in [3.8, 4) is 5.75 Å². The molecule has 3 N–H and O–H groups in total. The van der Waals surface area contributed by atoms with Crippen molar-refractivity contribution < 1.29 is 28.8 Å². The second-order valence-corrected chi connectivity index (χ2v) is 10.0. The molecule has 0 aliphatic carbocycles. The van der Waals surface area contributed by atoms with Crippen molar-refractivity contribution in [2.24, 2.45) is 0 Å². The first-order valence-corrected chi connectivity index (χ1v) is 12.0. The van der Waals surface area contributed by atoms with E-state index in [0.29, 0.717) is 34.9 Å². The Morgan fingerprint density at radius 1 is 1.13 bits per heavy atom. The molecule has 13 heteroatoms. The maximum Gasteiger partial charge on any atom is 0.372 e. The van der Waals surface area contributed by atoms with Crippen LogP contribution in [0.1, 0.15) is 49.7 Å². The molecule has 206 valence electrons. The van der Waals surface area contributed by atoms with E-state index >= 15 is 0 Å². The van der Waals surface area contributed by atoms with Crippen LogP contribution in [0.25, 0.3) is 5.70 Å². The Bertz CT molecular complexity index is 1570. The van der Waals surface area contributed by atoms with Gasteiger partial charge in [-0.2, -0.15) is 0 Å². The quantitative estimate of drug-likeness (QED) is 0.388. The first kappa shape index (κ1) is 28.3. The number of pyridine rings is 2. The number of halogens is 3. The van der Waals surface area contributed by atoms with Gasteiger partial charge >= 0.3 is 5.97 Å². The Morgan fingerprint density at radius 3 is 2.46 bits per heavy atom. The van der Waals surface area contributed by atoms with Gasteiger partial charge in [0.05, 0.1) is 23.6 Å². The molecule has 1 aliphatic rings. The largest absolute Gasteiger partial charge is 0.433 e. The van der Waals surface area contributed by atoms with E-state index in [0.717, 1.165) is 0 Å². The Morgan fingerprint density at radius 2 is 1.82 bits per heavy atom. The summed E-state index contributed by atoms with van der Waals surface area (Å²) in [4.78, 5) is 27.3. The molecule has 39 heavy (non-hydrogen) atoms. The predicted molar refractivity (Wildman–Crippen MR) is 137 cm³/mol. The van der Waals surface area contributed by atoms with Gasteiger partial charge in [-0.1, -0.05) is 11.6 Å². The van der Waals surface area contributed by atoms with Crippen LogP contribution in [-0.4, -0.2) is 46.8 Å². The van der Waals surface area contributed by atoms with Crippen molar-refractivity contribution >= 4 is 17.3 Å². The minimum absolute atomic E-state index is 0.232. The van der Waals surface area contributed by atoms with Gasteiger partial charge in [0.1, 0.15) is 16.4 Å². The molecule has 4 rings (SSSR count). The number of ether oxygens (including phenoxy) is 1. The van der Waals surface area contributed by atoms with E-state index in [1.165, 1.54) is 16.8 Å². The van der Waals surface area contributed by atoms with Gasteiger partial charge in [-0.05, 0) is 45.4 Å². The average Bonchev–Trinajstić information content (AvgIpc) is 2.83. The second kappa shape index (κ2) is 10.1. The Hall–Kier alpha value is -3.71. The molecule has 3 aromatic rings. The summed E-state index contributed by atoms with van der Waals surface area (Å²) in [6, 6.07) is 2.93. The molecule has 1 unspecified atom stereocenters. The van der Waals surface area contributed by atoms with Crippen LogP contribution in [0.4, 0.5) is 8.78 Å². The van der Waals surface area contributed by atoms with Crippen LogP contribution in [0, 0.1) is 18.6 Å². The molecule has 0 aromatic carbocycles. The van der Waals surface area contributed by atoms with Gasteiger partial charge in [0, 0.05) is 37.3 Å². The highest BCUT2D eigenvalue weighted by Crippen LogP contribution is 2.34. The molecule has 0 bridgehead atoms. The Kier molecular flexibility index (Phi) is 7.34. The highest BCUT2D eigenvalue weighted by molar-refractivity contribution is 6.31. The van der Waals surface area contributed by atoms with E-state index in [9.17, 15) is 28.9 Å². The zero-order valence-electron chi connectivity index (χ0n) is 21.6. The normalized spacial score (nSPS) is 16.2. The van der Waals surface area contributed by atoms with Crippen molar-refractivity contribution in [3.63, 3.8) is 0 Å². The fourth-order valence-corrected chi connectivity index (χ4v) is 4.32. The van der Waals surface area contributed by atoms with Gasteiger partial charge < -0.3 is 25.0 Å². The van der Waals surface area contributed by atoms with Crippen molar-refractivity contribution in [2.75, 3.05) is 7.05 Å². The van der Waals surface area contributed by atoms with Crippen LogP contribution in [0.3, 0.4) is 0 Å². The third-order valence-electron chi connectivity index (χ3n) is 5.99. The summed E-state index contributed by atoms with van der Waals surface area (Å²) in [6.45, 7) is 6.51. The number of hydrogen-bond donors (Lipinski definition) is 3. The van der Waals surface area contributed by atoms with Gasteiger partial charge in [0.15, 0.2) is 23.1 Å². The lowest BCUT2D eigenvalue weighted by atomic mass is 10.0. The number of aryl methyl sites for hydroxylation is 1. The average molecular weight is 562 g/mol. The van der Waals surface area contributed by atoms with Gasteiger partial charge in [-0.3, -0.25) is 9.36 Å². The van der Waals surface area contributed by atoms with Crippen LogP contribution in [0.5, 0.6) is 5.75 Å². The molecule has 10 nitrogen and oxygen atoms in total. The third kappa shape index (κ3) is 5.55. The molecule has 0 saturated heterocycles. The standard InChI is InChI=1S/C26H26ClF2N5O5/c1-13-12-33(5)19(17-6-7-30-24(32-17)25(3,4)36)10-18(13)34-14(2)8-20(21(27)23(34)35)39-26(37,38)22-16(29)9-15(28)11-31-22/h6-12,19,36-38H,1-5H3. The minimum Gasteiger partial charge on any atom is -0.433 e. The molecule has 0 saturated carbocycles. The fraction of sp³-hybridized carbons (Fsp3) is 0.308. The van der Waals surface area contributed by atoms with Crippen LogP contribution in [0.15, 0.2) is 53.2 Å². The molecule has 0 radical (unpaired) electrons. The van der Waals surface area contributed by atoms with Crippen molar-refractivity contribution in [2.45, 2.75) is 45.3 Å². The molecular formula is C26H26ClF2N5O5. The number of likely N-dealkylation sites (N-methyl/N-ethyl adjacent to an activating group) is 1. The molecular weight excluding hydrogens is 536 g/mol. The van der Waals surface area contributed by atoms with E-state index in [4.69, 9.17) is 16.3 Å². The second-order valence-electron chi connectivity index (χ2n) is 9.64. The lowest BCUT2D eigenvalue weighted by molar-refractivity contribution is -0.308. The summed E-state index contributed by atoms with van der Waals surface area (Å²) in [6.07, 6.45) is 5.72. The molecule has 1 aliphatic heterocycles. The maximum atomic E-state index is 14.1. The summed E-state index contributed by atoms with van der Waals surface area (Å²) in [5, 5.41) is 30.5. The number of nitrogens with zero attached hydrogens (tertiary/aromatic N) is 5. The van der Waals surface area contributed by atoms with Crippen molar-refractivity contribution in [3.05, 3.63) is 98.4 Å². The van der Waals surface area contributed by atoms with Crippen molar-refractivity contribution in [1.29, 1.82) is 0 Å². The summed E-state index contributed by atoms with van der Waals surface area (Å²) >= 11 is 6.29. The minimum atomic E-state index is -3.36.